The molecular formula is C17H24FNO. The molecule has 0 bridgehead atoms. The fourth-order valence-corrected chi connectivity index (χ4v) is 3.89. The molecule has 1 heterocycles. The van der Waals surface area contributed by atoms with Gasteiger partial charge < -0.3 is 10.1 Å². The third-order valence-electron chi connectivity index (χ3n) is 4.95. The van der Waals surface area contributed by atoms with E-state index in [4.69, 9.17) is 4.74 Å². The summed E-state index contributed by atoms with van der Waals surface area (Å²) in [4.78, 5) is 0. The second-order valence-electron chi connectivity index (χ2n) is 6.30. The lowest BCUT2D eigenvalue weighted by Gasteiger charge is -2.40. The lowest BCUT2D eigenvalue weighted by molar-refractivity contribution is 0.0327. The molecule has 1 spiro atoms. The molecule has 3 heteroatoms. The highest BCUT2D eigenvalue weighted by Gasteiger charge is 2.45. The van der Waals surface area contributed by atoms with Crippen LogP contribution in [-0.4, -0.2) is 12.1 Å². The van der Waals surface area contributed by atoms with Crippen molar-refractivity contribution in [3.8, 4) is 5.75 Å². The second kappa shape index (κ2) is 5.36. The number of rotatable bonds is 3. The molecule has 110 valence electrons. The highest BCUT2D eigenvalue weighted by molar-refractivity contribution is 5.39. The Morgan fingerprint density at radius 3 is 2.90 bits per heavy atom. The number of fused-ring (bicyclic) bond motifs is 1. The Labute approximate surface area is 120 Å². The summed E-state index contributed by atoms with van der Waals surface area (Å²) in [7, 11) is 0. The van der Waals surface area contributed by atoms with Crippen LogP contribution in [-0.2, 0) is 0 Å². The van der Waals surface area contributed by atoms with Crippen molar-refractivity contribution in [3.05, 3.63) is 29.6 Å². The molecule has 1 N–H and O–H groups in total. The van der Waals surface area contributed by atoms with E-state index in [9.17, 15) is 4.39 Å². The van der Waals surface area contributed by atoms with Crippen molar-refractivity contribution in [2.75, 3.05) is 6.54 Å². The SMILES string of the molecule is CCNC1CC2(CCC(CC)C2)Oc2cc(F)ccc21. The summed E-state index contributed by atoms with van der Waals surface area (Å²) < 4.78 is 19.8. The normalized spacial score (nSPS) is 32.1. The van der Waals surface area contributed by atoms with Gasteiger partial charge in [0.25, 0.3) is 0 Å². The maximum atomic E-state index is 13.5. The summed E-state index contributed by atoms with van der Waals surface area (Å²) in [6.07, 6.45) is 5.67. The summed E-state index contributed by atoms with van der Waals surface area (Å²) in [5.41, 5.74) is 1.03. The molecule has 0 radical (unpaired) electrons. The van der Waals surface area contributed by atoms with Gasteiger partial charge in [-0.2, -0.15) is 0 Å². The van der Waals surface area contributed by atoms with Crippen molar-refractivity contribution < 1.29 is 9.13 Å². The van der Waals surface area contributed by atoms with Crippen LogP contribution in [0.25, 0.3) is 0 Å². The minimum absolute atomic E-state index is 0.0751. The predicted octanol–water partition coefficient (Wildman–Crippen LogP) is 4.21. The number of benzene rings is 1. The lowest BCUT2D eigenvalue weighted by atomic mass is 9.85. The smallest absolute Gasteiger partial charge is 0.127 e. The van der Waals surface area contributed by atoms with Gasteiger partial charge in [0.2, 0.25) is 0 Å². The van der Waals surface area contributed by atoms with E-state index in [1.807, 2.05) is 6.07 Å². The zero-order chi connectivity index (χ0) is 14.2. The van der Waals surface area contributed by atoms with Crippen LogP contribution in [0.4, 0.5) is 4.39 Å². The molecule has 1 aromatic rings. The molecule has 20 heavy (non-hydrogen) atoms. The van der Waals surface area contributed by atoms with Gasteiger partial charge in [-0.05, 0) is 37.8 Å². The minimum atomic E-state index is -0.207. The van der Waals surface area contributed by atoms with E-state index < -0.39 is 0 Å². The average Bonchev–Trinajstić information content (AvgIpc) is 2.81. The van der Waals surface area contributed by atoms with Crippen LogP contribution in [0, 0.1) is 11.7 Å². The number of halogens is 1. The Balaban J connectivity index is 1.91. The predicted molar refractivity (Wildman–Crippen MR) is 78.4 cm³/mol. The number of hydrogen-bond donors (Lipinski definition) is 1. The molecule has 3 unspecified atom stereocenters. The van der Waals surface area contributed by atoms with Crippen LogP contribution >= 0.6 is 0 Å². The molecule has 3 rings (SSSR count). The number of hydrogen-bond acceptors (Lipinski definition) is 2. The minimum Gasteiger partial charge on any atom is -0.487 e. The van der Waals surface area contributed by atoms with E-state index in [2.05, 4.69) is 19.2 Å². The van der Waals surface area contributed by atoms with E-state index in [0.717, 1.165) is 43.0 Å². The Morgan fingerprint density at radius 2 is 2.20 bits per heavy atom. The van der Waals surface area contributed by atoms with Gasteiger partial charge >= 0.3 is 0 Å². The van der Waals surface area contributed by atoms with Gasteiger partial charge in [0.05, 0.1) is 0 Å². The first-order valence-electron chi connectivity index (χ1n) is 7.87. The zero-order valence-corrected chi connectivity index (χ0v) is 12.4. The van der Waals surface area contributed by atoms with E-state index in [0.29, 0.717) is 6.04 Å². The molecule has 1 fully saturated rings. The Morgan fingerprint density at radius 1 is 1.35 bits per heavy atom. The van der Waals surface area contributed by atoms with Gasteiger partial charge in [0.1, 0.15) is 17.2 Å². The fraction of sp³-hybridized carbons (Fsp3) is 0.647. The molecule has 0 amide bonds. The van der Waals surface area contributed by atoms with Crippen LogP contribution in [0.15, 0.2) is 18.2 Å². The first kappa shape index (κ1) is 13.9. The van der Waals surface area contributed by atoms with E-state index in [-0.39, 0.29) is 11.4 Å². The largest absolute Gasteiger partial charge is 0.487 e. The second-order valence-corrected chi connectivity index (χ2v) is 6.30. The quantitative estimate of drug-likeness (QED) is 0.893. The molecule has 2 aliphatic rings. The lowest BCUT2D eigenvalue weighted by Crippen LogP contribution is -2.42. The Hall–Kier alpha value is -1.09. The van der Waals surface area contributed by atoms with Crippen molar-refractivity contribution in [1.82, 2.24) is 5.32 Å². The third kappa shape index (κ3) is 2.44. The van der Waals surface area contributed by atoms with Crippen LogP contribution in [0.1, 0.15) is 57.6 Å². The van der Waals surface area contributed by atoms with Crippen molar-refractivity contribution in [1.29, 1.82) is 0 Å². The van der Waals surface area contributed by atoms with E-state index in [1.165, 1.54) is 18.9 Å². The molecule has 2 nitrogen and oxygen atoms in total. The molecular weight excluding hydrogens is 253 g/mol. The maximum absolute atomic E-state index is 13.5. The summed E-state index contributed by atoms with van der Waals surface area (Å²) in [6.45, 7) is 5.30. The highest BCUT2D eigenvalue weighted by Crippen LogP contribution is 2.49. The molecule has 1 saturated carbocycles. The molecule has 3 atom stereocenters. The molecule has 0 aromatic heterocycles. The maximum Gasteiger partial charge on any atom is 0.127 e. The van der Waals surface area contributed by atoms with Crippen molar-refractivity contribution in [2.45, 2.75) is 57.6 Å². The summed E-state index contributed by atoms with van der Waals surface area (Å²) >= 11 is 0. The number of ether oxygens (including phenoxy) is 1. The Kier molecular flexibility index (Phi) is 3.72. The molecule has 1 aliphatic heterocycles. The monoisotopic (exact) mass is 277 g/mol. The first-order valence-corrected chi connectivity index (χ1v) is 7.87. The van der Waals surface area contributed by atoms with Gasteiger partial charge in [-0.1, -0.05) is 26.3 Å². The number of nitrogens with one attached hydrogen (secondary N) is 1. The van der Waals surface area contributed by atoms with E-state index >= 15 is 0 Å². The van der Waals surface area contributed by atoms with Gasteiger partial charge in [-0.25, -0.2) is 4.39 Å². The van der Waals surface area contributed by atoms with Gasteiger partial charge in [-0.3, -0.25) is 0 Å². The third-order valence-corrected chi connectivity index (χ3v) is 4.95. The van der Waals surface area contributed by atoms with Crippen molar-refractivity contribution in [2.24, 2.45) is 5.92 Å². The topological polar surface area (TPSA) is 21.3 Å². The van der Waals surface area contributed by atoms with Gasteiger partial charge in [-0.15, -0.1) is 0 Å². The van der Waals surface area contributed by atoms with E-state index in [1.54, 1.807) is 6.07 Å². The standard InChI is InChI=1S/C17H24FNO/c1-3-12-7-8-17(10-12)11-15(19-4-2)14-6-5-13(18)9-16(14)20-17/h5-6,9,12,15,19H,3-4,7-8,10-11H2,1-2H3. The van der Waals surface area contributed by atoms with Crippen LogP contribution in [0.2, 0.25) is 0 Å². The average molecular weight is 277 g/mol. The summed E-state index contributed by atoms with van der Waals surface area (Å²) in [5.74, 6) is 1.30. The van der Waals surface area contributed by atoms with Gasteiger partial charge in [0, 0.05) is 24.1 Å². The van der Waals surface area contributed by atoms with Crippen LogP contribution in [0.3, 0.4) is 0 Å². The summed E-state index contributed by atoms with van der Waals surface area (Å²) in [6, 6.07) is 5.25. The summed E-state index contributed by atoms with van der Waals surface area (Å²) in [5, 5.41) is 3.54. The van der Waals surface area contributed by atoms with Crippen LogP contribution in [0.5, 0.6) is 5.75 Å². The molecule has 0 saturated heterocycles. The Bertz CT molecular complexity index is 490. The van der Waals surface area contributed by atoms with Crippen LogP contribution < -0.4 is 10.1 Å². The molecule has 1 aliphatic carbocycles. The van der Waals surface area contributed by atoms with Crippen molar-refractivity contribution in [3.63, 3.8) is 0 Å². The first-order chi connectivity index (χ1) is 9.65. The van der Waals surface area contributed by atoms with Crippen molar-refractivity contribution >= 4 is 0 Å². The zero-order valence-electron chi connectivity index (χ0n) is 12.4. The fourth-order valence-electron chi connectivity index (χ4n) is 3.89. The highest BCUT2D eigenvalue weighted by atomic mass is 19.1. The molecule has 1 aromatic carbocycles. The van der Waals surface area contributed by atoms with Gasteiger partial charge in [0.15, 0.2) is 0 Å².